The molecule has 1 aromatic heterocycles. The van der Waals surface area contributed by atoms with Crippen molar-refractivity contribution in [2.75, 3.05) is 11.9 Å². The van der Waals surface area contributed by atoms with E-state index in [0.29, 0.717) is 23.5 Å². The van der Waals surface area contributed by atoms with Crippen molar-refractivity contribution in [2.24, 2.45) is 0 Å². The predicted molar refractivity (Wildman–Crippen MR) is 79.7 cm³/mol. The van der Waals surface area contributed by atoms with Gasteiger partial charge in [0.2, 0.25) is 11.8 Å². The summed E-state index contributed by atoms with van der Waals surface area (Å²) in [6, 6.07) is 7.88. The molecule has 100 valence electrons. The zero-order valence-electron chi connectivity index (χ0n) is 10.4. The van der Waals surface area contributed by atoms with Crippen LogP contribution in [0.4, 0.5) is 5.95 Å². The number of nitrogens with one attached hydrogen (secondary N) is 1. The maximum Gasteiger partial charge on any atom is 0.237 e. The molecule has 0 atom stereocenters. The molecule has 0 aliphatic rings. The summed E-state index contributed by atoms with van der Waals surface area (Å²) in [5.74, 6) is 0.897. The van der Waals surface area contributed by atoms with Gasteiger partial charge in [-0.1, -0.05) is 39.7 Å². The van der Waals surface area contributed by atoms with Crippen LogP contribution in [0.2, 0.25) is 5.02 Å². The standard InChI is InChI=1S/C13H13BrClN3O/c1-2-16-13-17-7-11(15)12(18-13)19-8-9-3-5-10(14)6-4-9/h3-7H,2,8H2,1H3,(H,16,17,18). The molecule has 19 heavy (non-hydrogen) atoms. The van der Waals surface area contributed by atoms with E-state index in [2.05, 4.69) is 31.2 Å². The summed E-state index contributed by atoms with van der Waals surface area (Å²) in [7, 11) is 0. The fourth-order valence-electron chi connectivity index (χ4n) is 1.43. The Labute approximate surface area is 125 Å². The second-order valence-corrected chi connectivity index (χ2v) is 5.12. The number of ether oxygens (including phenoxy) is 1. The van der Waals surface area contributed by atoms with E-state index in [4.69, 9.17) is 16.3 Å². The fourth-order valence-corrected chi connectivity index (χ4v) is 1.84. The molecule has 0 unspecified atom stereocenters. The SMILES string of the molecule is CCNc1ncc(Cl)c(OCc2ccc(Br)cc2)n1. The van der Waals surface area contributed by atoms with Crippen LogP contribution in [0.15, 0.2) is 34.9 Å². The van der Waals surface area contributed by atoms with Gasteiger partial charge in [0, 0.05) is 11.0 Å². The summed E-state index contributed by atoms with van der Waals surface area (Å²) in [4.78, 5) is 8.26. The Morgan fingerprint density at radius 3 is 2.74 bits per heavy atom. The van der Waals surface area contributed by atoms with Crippen molar-refractivity contribution in [3.05, 3.63) is 45.5 Å². The second kappa shape index (κ2) is 6.73. The van der Waals surface area contributed by atoms with Crippen molar-refractivity contribution in [3.63, 3.8) is 0 Å². The number of halogens is 2. The van der Waals surface area contributed by atoms with Gasteiger partial charge in [0.25, 0.3) is 0 Å². The average Bonchev–Trinajstić information content (AvgIpc) is 2.41. The lowest BCUT2D eigenvalue weighted by atomic mass is 10.2. The van der Waals surface area contributed by atoms with E-state index in [-0.39, 0.29) is 0 Å². The van der Waals surface area contributed by atoms with Crippen molar-refractivity contribution in [1.82, 2.24) is 9.97 Å². The zero-order chi connectivity index (χ0) is 13.7. The van der Waals surface area contributed by atoms with E-state index in [9.17, 15) is 0 Å². The van der Waals surface area contributed by atoms with E-state index in [1.54, 1.807) is 0 Å². The summed E-state index contributed by atoms with van der Waals surface area (Å²) in [6.07, 6.45) is 1.53. The van der Waals surface area contributed by atoms with E-state index in [1.165, 1.54) is 6.20 Å². The van der Waals surface area contributed by atoms with Crippen LogP contribution in [0.3, 0.4) is 0 Å². The van der Waals surface area contributed by atoms with Gasteiger partial charge in [0.15, 0.2) is 0 Å². The average molecular weight is 343 g/mol. The molecule has 1 aromatic carbocycles. The fraction of sp³-hybridized carbons (Fsp3) is 0.231. The number of aromatic nitrogens is 2. The predicted octanol–water partition coefficient (Wildman–Crippen LogP) is 3.90. The summed E-state index contributed by atoms with van der Waals surface area (Å²) >= 11 is 9.39. The molecule has 2 rings (SSSR count). The van der Waals surface area contributed by atoms with Crippen LogP contribution < -0.4 is 10.1 Å². The molecule has 0 bridgehead atoms. The molecule has 0 aliphatic heterocycles. The van der Waals surface area contributed by atoms with E-state index >= 15 is 0 Å². The largest absolute Gasteiger partial charge is 0.472 e. The molecule has 4 nitrogen and oxygen atoms in total. The van der Waals surface area contributed by atoms with Crippen LogP contribution >= 0.6 is 27.5 Å². The molecular weight excluding hydrogens is 330 g/mol. The van der Waals surface area contributed by atoms with Crippen LogP contribution in [-0.2, 0) is 6.61 Å². The van der Waals surface area contributed by atoms with Crippen molar-refractivity contribution >= 4 is 33.5 Å². The highest BCUT2D eigenvalue weighted by Gasteiger charge is 2.06. The number of rotatable bonds is 5. The van der Waals surface area contributed by atoms with Gasteiger partial charge >= 0.3 is 0 Å². The molecular formula is C13H13BrClN3O. The minimum Gasteiger partial charge on any atom is -0.472 e. The molecule has 6 heteroatoms. The quantitative estimate of drug-likeness (QED) is 0.895. The Morgan fingerprint density at radius 2 is 2.05 bits per heavy atom. The second-order valence-electron chi connectivity index (χ2n) is 3.79. The smallest absolute Gasteiger partial charge is 0.237 e. The van der Waals surface area contributed by atoms with Gasteiger partial charge in [-0.15, -0.1) is 0 Å². The molecule has 2 aromatic rings. The summed E-state index contributed by atoms with van der Waals surface area (Å²) in [6.45, 7) is 3.13. The van der Waals surface area contributed by atoms with Gasteiger partial charge in [-0.2, -0.15) is 4.98 Å². The van der Waals surface area contributed by atoms with Crippen molar-refractivity contribution in [1.29, 1.82) is 0 Å². The van der Waals surface area contributed by atoms with Gasteiger partial charge in [0.1, 0.15) is 11.6 Å². The highest BCUT2D eigenvalue weighted by atomic mass is 79.9. The third kappa shape index (κ3) is 4.08. The lowest BCUT2D eigenvalue weighted by Gasteiger charge is -2.08. The third-order valence-corrected chi connectivity index (χ3v) is 3.12. The maximum atomic E-state index is 6.00. The van der Waals surface area contributed by atoms with E-state index < -0.39 is 0 Å². The molecule has 0 saturated heterocycles. The highest BCUT2D eigenvalue weighted by molar-refractivity contribution is 9.10. The Bertz CT molecular complexity index is 548. The summed E-state index contributed by atoms with van der Waals surface area (Å²) < 4.78 is 6.64. The highest BCUT2D eigenvalue weighted by Crippen LogP contribution is 2.23. The van der Waals surface area contributed by atoms with Crippen molar-refractivity contribution in [2.45, 2.75) is 13.5 Å². The molecule has 0 amide bonds. The van der Waals surface area contributed by atoms with Crippen molar-refractivity contribution < 1.29 is 4.74 Å². The first kappa shape index (κ1) is 14.1. The van der Waals surface area contributed by atoms with Crippen LogP contribution in [-0.4, -0.2) is 16.5 Å². The van der Waals surface area contributed by atoms with Gasteiger partial charge in [-0.05, 0) is 24.6 Å². The first-order valence-corrected chi connectivity index (χ1v) is 7.00. The lowest BCUT2D eigenvalue weighted by Crippen LogP contribution is -2.04. The third-order valence-electron chi connectivity index (χ3n) is 2.34. The number of benzene rings is 1. The number of nitrogens with zero attached hydrogens (tertiary/aromatic N) is 2. The maximum absolute atomic E-state index is 6.00. The Kier molecular flexibility index (Phi) is 4.99. The summed E-state index contributed by atoms with van der Waals surface area (Å²) in [5.41, 5.74) is 1.04. The van der Waals surface area contributed by atoms with Crippen LogP contribution in [0, 0.1) is 0 Å². The van der Waals surface area contributed by atoms with E-state index in [1.807, 2.05) is 31.2 Å². The van der Waals surface area contributed by atoms with E-state index in [0.717, 1.165) is 16.6 Å². The van der Waals surface area contributed by atoms with Gasteiger partial charge in [0.05, 0.1) is 6.20 Å². The first-order valence-electron chi connectivity index (χ1n) is 5.82. The normalized spacial score (nSPS) is 10.3. The molecule has 1 N–H and O–H groups in total. The Morgan fingerprint density at radius 1 is 1.32 bits per heavy atom. The Balaban J connectivity index is 2.05. The molecule has 0 spiro atoms. The number of anilines is 1. The van der Waals surface area contributed by atoms with Gasteiger partial charge in [-0.25, -0.2) is 4.98 Å². The molecule has 1 heterocycles. The molecule has 0 aliphatic carbocycles. The Hall–Kier alpha value is -1.33. The van der Waals surface area contributed by atoms with Crippen LogP contribution in [0.25, 0.3) is 0 Å². The topological polar surface area (TPSA) is 47.0 Å². The molecule has 0 saturated carbocycles. The van der Waals surface area contributed by atoms with Gasteiger partial charge < -0.3 is 10.1 Å². The first-order chi connectivity index (χ1) is 9.19. The van der Waals surface area contributed by atoms with Gasteiger partial charge in [-0.3, -0.25) is 0 Å². The van der Waals surface area contributed by atoms with Crippen molar-refractivity contribution in [3.8, 4) is 5.88 Å². The minimum absolute atomic E-state index is 0.385. The monoisotopic (exact) mass is 341 g/mol. The minimum atomic E-state index is 0.385. The number of hydrogen-bond acceptors (Lipinski definition) is 4. The molecule has 0 fully saturated rings. The van der Waals surface area contributed by atoms with Crippen LogP contribution in [0.5, 0.6) is 5.88 Å². The zero-order valence-corrected chi connectivity index (χ0v) is 12.7. The lowest BCUT2D eigenvalue weighted by molar-refractivity contribution is 0.294. The van der Waals surface area contributed by atoms with Crippen LogP contribution in [0.1, 0.15) is 12.5 Å². The summed E-state index contributed by atoms with van der Waals surface area (Å²) in [5, 5.41) is 3.42. The molecule has 0 radical (unpaired) electrons. The number of hydrogen-bond donors (Lipinski definition) is 1.